The molecule has 1 atom stereocenters. The van der Waals surface area contributed by atoms with Crippen LogP contribution in [0.3, 0.4) is 0 Å². The Bertz CT molecular complexity index is 129. The van der Waals surface area contributed by atoms with Crippen LogP contribution in [0.15, 0.2) is 0 Å². The maximum absolute atomic E-state index is 9.84. The van der Waals surface area contributed by atoms with E-state index < -0.39 is 12.0 Å². The second kappa shape index (κ2) is 6.71. The third-order valence-electron chi connectivity index (χ3n) is 0.815. The first kappa shape index (κ1) is 12.3. The Morgan fingerprint density at radius 1 is 1.89 bits per heavy atom. The van der Waals surface area contributed by atoms with Crippen molar-refractivity contribution in [3.05, 3.63) is 11.4 Å². The van der Waals surface area contributed by atoms with Crippen LogP contribution in [-0.2, 0) is 4.79 Å². The smallest absolute Gasteiger partial charge is 0.543 e. The van der Waals surface area contributed by atoms with E-state index in [9.17, 15) is 9.90 Å². The average Bonchev–Trinajstić information content (AvgIpc) is 1.69. The van der Waals surface area contributed by atoms with Crippen molar-refractivity contribution in [2.45, 2.75) is 19.4 Å². The molecule has 0 heterocycles. The minimum atomic E-state index is -1.28. The molecule has 0 saturated carbocycles. The zero-order chi connectivity index (χ0) is 6.57. The van der Waals surface area contributed by atoms with Crippen LogP contribution in [0.25, 0.3) is 4.85 Å². The van der Waals surface area contributed by atoms with Gasteiger partial charge in [-0.05, 0) is 0 Å². The molecule has 1 unspecified atom stereocenters. The molecule has 0 aromatic rings. The molecule has 9 heavy (non-hydrogen) atoms. The summed E-state index contributed by atoms with van der Waals surface area (Å²) in [5, 5.41) is 9.84. The molecule has 0 aliphatic carbocycles. The van der Waals surface area contributed by atoms with Gasteiger partial charge in [-0.2, -0.15) is 0 Å². The summed E-state index contributed by atoms with van der Waals surface area (Å²) < 4.78 is 0. The second-order valence-electron chi connectivity index (χ2n) is 1.37. The Balaban J connectivity index is 0. The van der Waals surface area contributed by atoms with Crippen LogP contribution in [0.4, 0.5) is 0 Å². The molecular formula is C5H6KNO2. The average molecular weight is 151 g/mol. The Hall–Kier alpha value is 0.596. The van der Waals surface area contributed by atoms with Crippen molar-refractivity contribution in [3.8, 4) is 0 Å². The third kappa shape index (κ3) is 5.06. The molecule has 44 valence electrons. The second-order valence-corrected chi connectivity index (χ2v) is 1.37. The van der Waals surface area contributed by atoms with Gasteiger partial charge in [-0.15, -0.1) is 0 Å². The van der Waals surface area contributed by atoms with Crippen molar-refractivity contribution in [1.29, 1.82) is 0 Å². The molecule has 0 aliphatic heterocycles. The van der Waals surface area contributed by atoms with Crippen LogP contribution in [0.5, 0.6) is 0 Å². The minimum absolute atomic E-state index is 0. The molecule has 0 bridgehead atoms. The number of carboxylic acid groups (broad SMARTS) is 1. The number of rotatable bonds is 2. The fourth-order valence-corrected chi connectivity index (χ4v) is 0.311. The van der Waals surface area contributed by atoms with Crippen molar-refractivity contribution in [3.63, 3.8) is 0 Å². The van der Waals surface area contributed by atoms with E-state index in [-0.39, 0.29) is 51.4 Å². The van der Waals surface area contributed by atoms with Crippen LogP contribution >= 0.6 is 0 Å². The number of hydrogen-bond donors (Lipinski definition) is 0. The molecule has 0 radical (unpaired) electrons. The fourth-order valence-electron chi connectivity index (χ4n) is 0.311. The van der Waals surface area contributed by atoms with Gasteiger partial charge in [0.25, 0.3) is 6.04 Å². The molecule has 0 saturated heterocycles. The Morgan fingerprint density at radius 3 is 2.33 bits per heavy atom. The third-order valence-corrected chi connectivity index (χ3v) is 0.815. The normalized spacial score (nSPS) is 10.7. The molecule has 0 rings (SSSR count). The van der Waals surface area contributed by atoms with Gasteiger partial charge < -0.3 is 14.7 Å². The number of aliphatic carboxylic acids is 1. The summed E-state index contributed by atoms with van der Waals surface area (Å²) in [6, 6.07) is -0.949. The topological polar surface area (TPSA) is 44.5 Å². The van der Waals surface area contributed by atoms with E-state index in [0.29, 0.717) is 6.42 Å². The van der Waals surface area contributed by atoms with Crippen molar-refractivity contribution >= 4 is 5.97 Å². The zero-order valence-electron chi connectivity index (χ0n) is 5.55. The van der Waals surface area contributed by atoms with E-state index in [0.717, 1.165) is 0 Å². The van der Waals surface area contributed by atoms with Crippen LogP contribution in [-0.4, -0.2) is 12.0 Å². The summed E-state index contributed by atoms with van der Waals surface area (Å²) in [4.78, 5) is 12.6. The molecule has 3 nitrogen and oxygen atoms in total. The predicted octanol–water partition coefficient (Wildman–Crippen LogP) is -3.56. The monoisotopic (exact) mass is 151 g/mol. The molecule has 0 fully saturated rings. The van der Waals surface area contributed by atoms with Gasteiger partial charge in [-0.1, -0.05) is 6.92 Å². The Labute approximate surface area is 96.7 Å². The van der Waals surface area contributed by atoms with Crippen LogP contribution in [0.2, 0.25) is 0 Å². The first-order valence-electron chi connectivity index (χ1n) is 2.29. The summed E-state index contributed by atoms with van der Waals surface area (Å²) in [5.74, 6) is -1.28. The van der Waals surface area contributed by atoms with Crippen molar-refractivity contribution in [2.75, 3.05) is 0 Å². The van der Waals surface area contributed by atoms with Crippen molar-refractivity contribution in [2.24, 2.45) is 0 Å². The number of carbonyl (C=O) groups is 1. The van der Waals surface area contributed by atoms with E-state index in [4.69, 9.17) is 6.57 Å². The molecule has 0 aliphatic rings. The Morgan fingerprint density at radius 2 is 2.33 bits per heavy atom. The molecule has 0 aromatic heterocycles. The van der Waals surface area contributed by atoms with Crippen molar-refractivity contribution < 1.29 is 61.3 Å². The summed E-state index contributed by atoms with van der Waals surface area (Å²) in [6.45, 7) is 7.93. The molecule has 0 spiro atoms. The molecular weight excluding hydrogens is 145 g/mol. The largest absolute Gasteiger partial charge is 1.00 e. The van der Waals surface area contributed by atoms with Gasteiger partial charge >= 0.3 is 51.4 Å². The van der Waals surface area contributed by atoms with Gasteiger partial charge in [-0.25, -0.2) is 6.57 Å². The van der Waals surface area contributed by atoms with E-state index in [1.807, 2.05) is 0 Å². The maximum atomic E-state index is 9.84. The summed E-state index contributed by atoms with van der Waals surface area (Å²) in [5.41, 5.74) is 0. The molecule has 4 heteroatoms. The number of carboxylic acids is 1. The van der Waals surface area contributed by atoms with E-state index in [2.05, 4.69) is 4.85 Å². The van der Waals surface area contributed by atoms with E-state index in [1.165, 1.54) is 0 Å². The van der Waals surface area contributed by atoms with Gasteiger partial charge in [0.2, 0.25) is 0 Å². The predicted molar refractivity (Wildman–Crippen MR) is 25.7 cm³/mol. The van der Waals surface area contributed by atoms with Gasteiger partial charge in [0, 0.05) is 6.42 Å². The van der Waals surface area contributed by atoms with E-state index >= 15 is 0 Å². The van der Waals surface area contributed by atoms with Crippen LogP contribution < -0.4 is 56.5 Å². The number of nitrogens with zero attached hydrogens (tertiary/aromatic N) is 1. The summed E-state index contributed by atoms with van der Waals surface area (Å²) in [6.07, 6.45) is 0.325. The number of hydrogen-bond acceptors (Lipinski definition) is 2. The quantitative estimate of drug-likeness (QED) is 0.303. The Kier molecular flexibility index (Phi) is 9.17. The van der Waals surface area contributed by atoms with Crippen LogP contribution in [0, 0.1) is 6.57 Å². The summed E-state index contributed by atoms with van der Waals surface area (Å²) >= 11 is 0. The standard InChI is InChI=1S/C5H7NO2.K/c1-3-4(6-2)5(7)8;/h4H,3H2,1H3,(H,7,8);/q;+1/p-1. The first-order chi connectivity index (χ1) is 3.72. The molecule has 0 N–H and O–H groups in total. The van der Waals surface area contributed by atoms with Gasteiger partial charge in [0.05, 0.1) is 0 Å². The minimum Gasteiger partial charge on any atom is -0.543 e. The fraction of sp³-hybridized carbons (Fsp3) is 0.600. The summed E-state index contributed by atoms with van der Waals surface area (Å²) in [7, 11) is 0. The van der Waals surface area contributed by atoms with Crippen molar-refractivity contribution in [1.82, 2.24) is 0 Å². The first-order valence-corrected chi connectivity index (χ1v) is 2.29. The van der Waals surface area contributed by atoms with Gasteiger partial charge in [-0.3, -0.25) is 0 Å². The maximum Gasteiger partial charge on any atom is 1.00 e. The number of carbonyl (C=O) groups excluding carboxylic acids is 1. The van der Waals surface area contributed by atoms with Gasteiger partial charge in [0.1, 0.15) is 5.97 Å². The van der Waals surface area contributed by atoms with Crippen LogP contribution in [0.1, 0.15) is 13.3 Å². The zero-order valence-corrected chi connectivity index (χ0v) is 8.67. The molecule has 0 amide bonds. The van der Waals surface area contributed by atoms with E-state index in [1.54, 1.807) is 6.92 Å². The van der Waals surface area contributed by atoms with Gasteiger partial charge in [0.15, 0.2) is 0 Å². The molecule has 0 aromatic carbocycles. The SMILES string of the molecule is [C-]#[N+]C(CC)C(=O)[O-].[K+].